The van der Waals surface area contributed by atoms with Crippen LogP contribution in [0, 0.1) is 0 Å². The molecule has 0 radical (unpaired) electrons. The molecule has 0 atom stereocenters. The molecule has 0 unspecified atom stereocenters. The van der Waals surface area contributed by atoms with Crippen LogP contribution in [0.15, 0.2) is 85.6 Å². The fraction of sp³-hybridized carbons (Fsp3) is 0.111. The van der Waals surface area contributed by atoms with Gasteiger partial charge in [-0.2, -0.15) is 0 Å². The number of anilines is 1. The average Bonchev–Trinajstić information content (AvgIpc) is 3.65. The summed E-state index contributed by atoms with van der Waals surface area (Å²) in [5.41, 5.74) is 5.25. The molecule has 0 bridgehead atoms. The zero-order valence-electron chi connectivity index (χ0n) is 19.0. The van der Waals surface area contributed by atoms with Crippen LogP contribution in [0.1, 0.15) is 29.4 Å². The first kappa shape index (κ1) is 22.1. The second-order valence-electron chi connectivity index (χ2n) is 8.56. The maximum Gasteiger partial charge on any atom is 0.274 e. The highest BCUT2D eigenvalue weighted by Crippen LogP contribution is 2.37. The zero-order valence-corrected chi connectivity index (χ0v) is 19.8. The largest absolute Gasteiger partial charge is 0.321 e. The smallest absolute Gasteiger partial charge is 0.274 e. The molecule has 1 aliphatic rings. The van der Waals surface area contributed by atoms with Crippen molar-refractivity contribution < 1.29 is 4.79 Å². The topological polar surface area (TPSA) is 98.5 Å². The molecule has 5 aromatic rings. The van der Waals surface area contributed by atoms with Crippen molar-refractivity contribution in [3.8, 4) is 33.8 Å². The van der Waals surface area contributed by atoms with E-state index in [0.29, 0.717) is 22.6 Å². The van der Waals surface area contributed by atoms with Crippen LogP contribution in [0.25, 0.3) is 33.8 Å². The van der Waals surface area contributed by atoms with Crippen LogP contribution in [-0.2, 0) is 0 Å². The lowest BCUT2D eigenvalue weighted by Crippen LogP contribution is -2.13. The molecule has 1 aromatic carbocycles. The molecule has 1 amide bonds. The Morgan fingerprint density at radius 1 is 0.889 bits per heavy atom. The number of benzene rings is 1. The van der Waals surface area contributed by atoms with E-state index in [4.69, 9.17) is 11.6 Å². The van der Waals surface area contributed by atoms with Crippen LogP contribution in [0.5, 0.6) is 0 Å². The first-order valence-corrected chi connectivity index (χ1v) is 11.9. The highest BCUT2D eigenvalue weighted by Gasteiger charge is 2.26. The van der Waals surface area contributed by atoms with E-state index < -0.39 is 0 Å². The third-order valence-electron chi connectivity index (χ3n) is 6.00. The van der Waals surface area contributed by atoms with Gasteiger partial charge in [0.2, 0.25) is 0 Å². The fourth-order valence-electron chi connectivity index (χ4n) is 4.00. The molecule has 1 fully saturated rings. The minimum absolute atomic E-state index is 0.297. The lowest BCUT2D eigenvalue weighted by Gasteiger charge is -2.09. The predicted molar refractivity (Wildman–Crippen MR) is 137 cm³/mol. The van der Waals surface area contributed by atoms with Crippen LogP contribution in [-0.4, -0.2) is 35.6 Å². The Balaban J connectivity index is 1.20. The van der Waals surface area contributed by atoms with E-state index in [0.717, 1.165) is 46.6 Å². The van der Waals surface area contributed by atoms with Crippen LogP contribution in [0.2, 0.25) is 5.15 Å². The van der Waals surface area contributed by atoms with E-state index in [1.54, 1.807) is 37.1 Å². The van der Waals surface area contributed by atoms with E-state index in [1.165, 1.54) is 0 Å². The summed E-state index contributed by atoms with van der Waals surface area (Å²) in [7, 11) is 0. The van der Waals surface area contributed by atoms with Gasteiger partial charge in [-0.3, -0.25) is 14.8 Å². The third-order valence-corrected chi connectivity index (χ3v) is 6.23. The molecule has 1 N–H and O–H groups in total. The van der Waals surface area contributed by atoms with Gasteiger partial charge in [0.15, 0.2) is 5.82 Å². The summed E-state index contributed by atoms with van der Waals surface area (Å²) in [6.45, 7) is 0. The zero-order chi connectivity index (χ0) is 24.5. The second-order valence-corrected chi connectivity index (χ2v) is 8.95. The van der Waals surface area contributed by atoms with Crippen LogP contribution in [0.4, 0.5) is 5.69 Å². The molecule has 1 saturated carbocycles. The van der Waals surface area contributed by atoms with Gasteiger partial charge in [-0.1, -0.05) is 29.8 Å². The van der Waals surface area contributed by atoms with Crippen molar-refractivity contribution in [1.29, 1.82) is 0 Å². The molecule has 1 aliphatic carbocycles. The summed E-state index contributed by atoms with van der Waals surface area (Å²) < 4.78 is 2.09. The second kappa shape index (κ2) is 9.31. The summed E-state index contributed by atoms with van der Waals surface area (Å²) >= 11 is 5.87. The van der Waals surface area contributed by atoms with Crippen LogP contribution >= 0.6 is 11.6 Å². The van der Waals surface area contributed by atoms with E-state index in [9.17, 15) is 4.79 Å². The number of halogens is 1. The number of carbonyl (C=O) groups excluding carboxylic acids is 1. The van der Waals surface area contributed by atoms with Crippen molar-refractivity contribution in [3.05, 3.63) is 96.4 Å². The lowest BCUT2D eigenvalue weighted by molar-refractivity contribution is 0.102. The summed E-state index contributed by atoms with van der Waals surface area (Å²) in [4.78, 5) is 25.9. The molecule has 8 nitrogen and oxygen atoms in total. The van der Waals surface area contributed by atoms with Crippen molar-refractivity contribution in [2.75, 3.05) is 5.32 Å². The van der Waals surface area contributed by atoms with Gasteiger partial charge in [0.25, 0.3) is 5.91 Å². The highest BCUT2D eigenvalue weighted by molar-refractivity contribution is 6.29. The van der Waals surface area contributed by atoms with E-state index in [-0.39, 0.29) is 5.91 Å². The van der Waals surface area contributed by atoms with Gasteiger partial charge < -0.3 is 9.88 Å². The first-order chi connectivity index (χ1) is 17.6. The number of carbonyl (C=O) groups is 1. The van der Waals surface area contributed by atoms with Gasteiger partial charge in [0, 0.05) is 47.0 Å². The molecule has 0 spiro atoms. The number of hydrogen-bond donors (Lipinski definition) is 1. The van der Waals surface area contributed by atoms with Gasteiger partial charge in [-0.15, -0.1) is 10.2 Å². The fourth-order valence-corrected chi connectivity index (χ4v) is 4.11. The monoisotopic (exact) mass is 493 g/mol. The van der Waals surface area contributed by atoms with E-state index in [1.807, 2.05) is 48.5 Å². The Morgan fingerprint density at radius 2 is 1.75 bits per heavy atom. The van der Waals surface area contributed by atoms with Gasteiger partial charge in [-0.05, 0) is 60.9 Å². The van der Waals surface area contributed by atoms with Crippen LogP contribution < -0.4 is 5.32 Å². The highest BCUT2D eigenvalue weighted by atomic mass is 35.5. The number of hydrogen-bond acceptors (Lipinski definition) is 6. The quantitative estimate of drug-likeness (QED) is 0.304. The molecule has 0 saturated heterocycles. The molecule has 4 heterocycles. The summed E-state index contributed by atoms with van der Waals surface area (Å²) in [6.07, 6.45) is 9.11. The molecule has 9 heteroatoms. The lowest BCUT2D eigenvalue weighted by atomic mass is 10.1. The molecular formula is C27H20ClN7O. The minimum Gasteiger partial charge on any atom is -0.321 e. The number of nitrogens with one attached hydrogen (secondary N) is 1. The third kappa shape index (κ3) is 4.58. The summed E-state index contributed by atoms with van der Waals surface area (Å²) in [5, 5.41) is 11.7. The van der Waals surface area contributed by atoms with Gasteiger partial charge in [-0.25, -0.2) is 4.98 Å². The van der Waals surface area contributed by atoms with Gasteiger partial charge in [0.1, 0.15) is 17.2 Å². The normalized spacial score (nSPS) is 12.9. The number of pyridine rings is 3. The SMILES string of the molecule is O=C(Nc1cccc(-c2nncn2C2CC2)c1)c1cc(-c2ccc(-c3ccc(Cl)nc3)nc2)ccn1. The molecule has 36 heavy (non-hydrogen) atoms. The van der Waals surface area contributed by atoms with Crippen molar-refractivity contribution in [3.63, 3.8) is 0 Å². The Morgan fingerprint density at radius 3 is 2.53 bits per heavy atom. The summed E-state index contributed by atoms with van der Waals surface area (Å²) in [6, 6.07) is 19.1. The molecule has 0 aliphatic heterocycles. The van der Waals surface area contributed by atoms with E-state index >= 15 is 0 Å². The Labute approximate surface area is 212 Å². The predicted octanol–water partition coefficient (Wildman–Crippen LogP) is 5.70. The first-order valence-electron chi connectivity index (χ1n) is 11.5. The number of aromatic nitrogens is 6. The molecule has 6 rings (SSSR count). The number of amides is 1. The molecule has 176 valence electrons. The summed E-state index contributed by atoms with van der Waals surface area (Å²) in [5.74, 6) is 0.508. The molecular weight excluding hydrogens is 474 g/mol. The Hall–Kier alpha value is -4.43. The standard InChI is InChI=1S/C27H20ClN7O/c28-25-9-5-20(15-31-25)23-8-4-19(14-30-23)17-10-11-29-24(13-17)27(36)33-21-3-1-2-18(12-21)26-34-32-16-35(26)22-6-7-22/h1-5,8-16,22H,6-7H2,(H,33,36). The van der Waals surface area contributed by atoms with Crippen molar-refractivity contribution >= 4 is 23.2 Å². The maximum absolute atomic E-state index is 13.0. The van der Waals surface area contributed by atoms with E-state index in [2.05, 4.69) is 35.0 Å². The number of nitrogens with zero attached hydrogens (tertiary/aromatic N) is 6. The van der Waals surface area contributed by atoms with Crippen molar-refractivity contribution in [2.24, 2.45) is 0 Å². The van der Waals surface area contributed by atoms with Gasteiger partial charge in [0.05, 0.1) is 5.69 Å². The average molecular weight is 494 g/mol. The Bertz CT molecular complexity index is 1540. The maximum atomic E-state index is 13.0. The van der Waals surface area contributed by atoms with Crippen molar-refractivity contribution in [1.82, 2.24) is 29.7 Å². The molecule has 4 aromatic heterocycles. The van der Waals surface area contributed by atoms with Crippen LogP contribution in [0.3, 0.4) is 0 Å². The van der Waals surface area contributed by atoms with Gasteiger partial charge >= 0.3 is 0 Å². The minimum atomic E-state index is -0.297. The van der Waals surface area contributed by atoms with Crippen molar-refractivity contribution in [2.45, 2.75) is 18.9 Å². The Kier molecular flexibility index (Phi) is 5.71. The number of rotatable bonds is 6.